The molecule has 8 nitrogen and oxygen atoms in total. The summed E-state index contributed by atoms with van der Waals surface area (Å²) in [6.07, 6.45) is 1.76. The van der Waals surface area contributed by atoms with E-state index in [4.69, 9.17) is 36.5 Å². The summed E-state index contributed by atoms with van der Waals surface area (Å²) in [7, 11) is 10.3. The first-order chi connectivity index (χ1) is 20.9. The quantitative estimate of drug-likeness (QED) is 0.0503. The zero-order valence-electron chi connectivity index (χ0n) is 25.4. The van der Waals surface area contributed by atoms with E-state index in [2.05, 4.69) is 36.4 Å². The van der Waals surface area contributed by atoms with Crippen molar-refractivity contribution in [3.05, 3.63) is 58.5 Å². The molecule has 0 aliphatic carbocycles. The van der Waals surface area contributed by atoms with Gasteiger partial charge in [-0.1, -0.05) is 45.9 Å². The topological polar surface area (TPSA) is 81.2 Å². The highest BCUT2D eigenvalue weighted by atomic mass is 33.5. The van der Waals surface area contributed by atoms with Crippen molar-refractivity contribution in [2.24, 2.45) is 0 Å². The second-order valence-corrected chi connectivity index (χ2v) is 22.4. The molecule has 0 N–H and O–H groups in total. The third kappa shape index (κ3) is 9.27. The fraction of sp³-hybridized carbons (Fsp3) is 0.500. The molecule has 4 rings (SSSR count). The molecule has 4 aromatic rings. The maximum Gasteiger partial charge on any atom is 0.500 e. The maximum atomic E-state index is 5.72. The van der Waals surface area contributed by atoms with Crippen LogP contribution in [0.1, 0.15) is 34.7 Å². The Kier molecular flexibility index (Phi) is 14.3. The first kappa shape index (κ1) is 35.3. The predicted octanol–water partition coefficient (Wildman–Crippen LogP) is 8.34. The van der Waals surface area contributed by atoms with Crippen LogP contribution in [0.25, 0.3) is 20.4 Å². The number of hydrogen-bond donors (Lipinski definition) is 0. The summed E-state index contributed by atoms with van der Waals surface area (Å²) in [6, 6.07) is 18.1. The van der Waals surface area contributed by atoms with Crippen molar-refractivity contribution >= 4 is 92.1 Å². The van der Waals surface area contributed by atoms with Gasteiger partial charge in [0.05, 0.1) is 30.4 Å². The molecule has 15 heteroatoms. The van der Waals surface area contributed by atoms with E-state index in [1.165, 1.54) is 9.40 Å². The average Bonchev–Trinajstić information content (AvgIpc) is 3.69. The Morgan fingerprint density at radius 2 is 0.977 bits per heavy atom. The smallest absolute Gasteiger partial charge is 0.377 e. The van der Waals surface area contributed by atoms with E-state index >= 15 is 0 Å². The van der Waals surface area contributed by atoms with E-state index in [9.17, 15) is 0 Å². The molecule has 0 aliphatic heterocycles. The molecule has 0 spiro atoms. The molecule has 2 aromatic heterocycles. The van der Waals surface area contributed by atoms with Crippen molar-refractivity contribution in [2.45, 2.75) is 36.8 Å². The molecule has 0 amide bonds. The van der Waals surface area contributed by atoms with E-state index in [1.807, 2.05) is 43.5 Å². The number of benzene rings is 2. The Labute approximate surface area is 276 Å². The van der Waals surface area contributed by atoms with Gasteiger partial charge >= 0.3 is 17.6 Å². The van der Waals surface area contributed by atoms with Gasteiger partial charge in [-0.15, -0.1) is 22.7 Å². The van der Waals surface area contributed by atoms with Gasteiger partial charge in [0.25, 0.3) is 0 Å². The molecule has 2 atom stereocenters. The van der Waals surface area contributed by atoms with Crippen LogP contribution in [0.5, 0.6) is 0 Å². The van der Waals surface area contributed by atoms with Crippen molar-refractivity contribution in [3.8, 4) is 0 Å². The summed E-state index contributed by atoms with van der Waals surface area (Å²) in [5.74, 6) is 2.38. The van der Waals surface area contributed by atoms with Crippen molar-refractivity contribution in [3.63, 3.8) is 0 Å². The van der Waals surface area contributed by atoms with Gasteiger partial charge in [-0.3, -0.25) is 0 Å². The lowest BCUT2D eigenvalue weighted by Crippen LogP contribution is -2.42. The van der Waals surface area contributed by atoms with Gasteiger partial charge in [0, 0.05) is 78.1 Å². The molecule has 0 fully saturated rings. The molecule has 2 heterocycles. The summed E-state index contributed by atoms with van der Waals surface area (Å²) in [5.41, 5.74) is 2.10. The maximum absolute atomic E-state index is 5.72. The minimum absolute atomic E-state index is 0.264. The molecule has 2 aromatic carbocycles. The van der Waals surface area contributed by atoms with E-state index < -0.39 is 17.6 Å². The minimum Gasteiger partial charge on any atom is -0.377 e. The molecule has 2 unspecified atom stereocenters. The second-order valence-electron chi connectivity index (χ2n) is 9.74. The van der Waals surface area contributed by atoms with Crippen molar-refractivity contribution in [1.29, 1.82) is 0 Å². The second kappa shape index (κ2) is 17.4. The standard InChI is InChI=1S/C28H40N2O6S5Si2/c1-31-42(32-2,33-3)17-15-21(27-29-23-11-7-9-13-25(23)39-27)19-37-41-38-20-22(16-18-43(34-4,35-5)36-6)28-30-24-12-8-10-14-26(24)40-28/h7-14,21-22H,15-20H2,1-6H3. The Balaban J connectivity index is 1.41. The van der Waals surface area contributed by atoms with Crippen LogP contribution in [0, 0.1) is 0 Å². The fourth-order valence-electron chi connectivity index (χ4n) is 4.75. The minimum atomic E-state index is -2.69. The van der Waals surface area contributed by atoms with Crippen LogP contribution >= 0.6 is 54.1 Å². The Bertz CT molecular complexity index is 1220. The van der Waals surface area contributed by atoms with Crippen molar-refractivity contribution < 1.29 is 26.6 Å². The van der Waals surface area contributed by atoms with Crippen LogP contribution in [0.4, 0.5) is 0 Å². The van der Waals surface area contributed by atoms with Crippen molar-refractivity contribution in [1.82, 2.24) is 9.97 Å². The van der Waals surface area contributed by atoms with Gasteiger partial charge in [-0.05, 0) is 46.9 Å². The SMILES string of the molecule is CO[Si](CCC(CSSSCC(CC[Si](OC)(OC)OC)c1nc2ccccc2s1)c1nc2ccccc2s1)(OC)OC. The van der Waals surface area contributed by atoms with E-state index in [-0.39, 0.29) is 11.8 Å². The van der Waals surface area contributed by atoms with E-state index in [1.54, 1.807) is 65.3 Å². The Hall–Kier alpha value is -0.536. The molecule has 0 bridgehead atoms. The van der Waals surface area contributed by atoms with Gasteiger partial charge in [0.1, 0.15) is 0 Å². The fourth-order valence-corrected chi connectivity index (χ4v) is 15.1. The highest BCUT2D eigenvalue weighted by Crippen LogP contribution is 2.44. The largest absolute Gasteiger partial charge is 0.500 e. The van der Waals surface area contributed by atoms with Gasteiger partial charge in [-0.2, -0.15) is 0 Å². The van der Waals surface area contributed by atoms with Gasteiger partial charge in [-0.25, -0.2) is 9.97 Å². The molecule has 0 aliphatic rings. The van der Waals surface area contributed by atoms with Crippen molar-refractivity contribution in [2.75, 3.05) is 54.2 Å². The number of fused-ring (bicyclic) bond motifs is 2. The predicted molar refractivity (Wildman–Crippen MR) is 190 cm³/mol. The van der Waals surface area contributed by atoms with Gasteiger partial charge in [0.2, 0.25) is 0 Å². The lowest BCUT2D eigenvalue weighted by Gasteiger charge is -2.26. The van der Waals surface area contributed by atoms with Crippen LogP contribution in [0.3, 0.4) is 0 Å². The molecule has 43 heavy (non-hydrogen) atoms. The van der Waals surface area contributed by atoms with E-state index in [0.29, 0.717) is 0 Å². The van der Waals surface area contributed by atoms with Crippen LogP contribution in [0.2, 0.25) is 12.1 Å². The molecule has 0 saturated carbocycles. The summed E-state index contributed by atoms with van der Waals surface area (Å²) in [4.78, 5) is 9.99. The Morgan fingerprint density at radius 1 is 0.605 bits per heavy atom. The monoisotopic (exact) mass is 716 g/mol. The molecular weight excluding hydrogens is 677 g/mol. The highest BCUT2D eigenvalue weighted by Gasteiger charge is 2.39. The Morgan fingerprint density at radius 3 is 1.33 bits per heavy atom. The number of para-hydroxylation sites is 2. The molecule has 0 radical (unpaired) electrons. The van der Waals surface area contributed by atoms with Crippen LogP contribution < -0.4 is 0 Å². The highest BCUT2D eigenvalue weighted by molar-refractivity contribution is 9.09. The zero-order valence-corrected chi connectivity index (χ0v) is 31.5. The number of rotatable bonds is 20. The summed E-state index contributed by atoms with van der Waals surface area (Å²) in [6.45, 7) is 0. The van der Waals surface area contributed by atoms with Crippen LogP contribution in [0.15, 0.2) is 48.5 Å². The zero-order chi connectivity index (χ0) is 30.7. The summed E-state index contributed by atoms with van der Waals surface area (Å²) < 4.78 is 36.7. The van der Waals surface area contributed by atoms with Crippen LogP contribution in [-0.2, 0) is 26.6 Å². The normalized spacial score (nSPS) is 14.1. The first-order valence-corrected chi connectivity index (χ1v) is 23.2. The molecule has 236 valence electrons. The lowest BCUT2D eigenvalue weighted by atomic mass is 10.1. The van der Waals surface area contributed by atoms with E-state index in [0.717, 1.165) is 57.5 Å². The third-order valence-corrected chi connectivity index (χ3v) is 19.7. The van der Waals surface area contributed by atoms with Gasteiger partial charge in [0.15, 0.2) is 0 Å². The number of hydrogen-bond acceptors (Lipinski definition) is 13. The number of aromatic nitrogens is 2. The number of thiazole rings is 2. The number of nitrogens with zero attached hydrogens (tertiary/aromatic N) is 2. The molecule has 0 saturated heterocycles. The summed E-state index contributed by atoms with van der Waals surface area (Å²) in [5, 5.41) is 2.30. The average molecular weight is 717 g/mol. The van der Waals surface area contributed by atoms with Gasteiger partial charge < -0.3 is 26.6 Å². The first-order valence-electron chi connectivity index (χ1n) is 13.9. The third-order valence-electron chi connectivity index (χ3n) is 7.42. The lowest BCUT2D eigenvalue weighted by molar-refractivity contribution is 0.122. The van der Waals surface area contributed by atoms with Crippen LogP contribution in [-0.4, -0.2) is 81.7 Å². The summed E-state index contributed by atoms with van der Waals surface area (Å²) >= 11 is 3.55. The molecular formula is C28H40N2O6S5Si2.